The van der Waals surface area contributed by atoms with Crippen molar-refractivity contribution < 1.29 is 9.84 Å². The number of benzene rings is 2. The fraction of sp³-hybridized carbons (Fsp3) is 0.346. The lowest BCUT2D eigenvalue weighted by molar-refractivity contribution is 0.277. The van der Waals surface area contributed by atoms with E-state index in [1.165, 1.54) is 9.13 Å². The van der Waals surface area contributed by atoms with Crippen LogP contribution in [-0.4, -0.2) is 26.7 Å². The van der Waals surface area contributed by atoms with Gasteiger partial charge in [0, 0.05) is 27.1 Å². The van der Waals surface area contributed by atoms with Gasteiger partial charge in [-0.05, 0) is 42.9 Å². The molecule has 0 saturated heterocycles. The first-order valence-corrected chi connectivity index (χ1v) is 11.2. The highest BCUT2D eigenvalue weighted by Gasteiger charge is 2.18. The lowest BCUT2D eigenvalue weighted by Crippen LogP contribution is -2.41. The summed E-state index contributed by atoms with van der Waals surface area (Å²) in [7, 11) is 1.61. The van der Waals surface area contributed by atoms with Crippen molar-refractivity contribution in [1.82, 2.24) is 9.13 Å². The molecule has 0 aliphatic heterocycles. The minimum Gasteiger partial charge on any atom is -0.443 e. The summed E-state index contributed by atoms with van der Waals surface area (Å²) in [4.78, 5) is 30.8. The number of aliphatic hydroxyl groups excluding tert-OH is 1. The Morgan fingerprint density at radius 3 is 2.42 bits per heavy atom. The number of aromatic nitrogens is 2. The van der Waals surface area contributed by atoms with E-state index in [0.717, 1.165) is 17.5 Å². The van der Waals surface area contributed by atoms with Gasteiger partial charge in [-0.15, -0.1) is 0 Å². The molecule has 174 valence electrons. The van der Waals surface area contributed by atoms with Crippen molar-refractivity contribution in [1.29, 1.82) is 0 Å². The zero-order chi connectivity index (χ0) is 23.8. The zero-order valence-electron chi connectivity index (χ0n) is 19.5. The Labute approximate surface area is 193 Å². The second-order valence-corrected chi connectivity index (χ2v) is 7.86. The number of ether oxygens (including phenoxy) is 1. The molecule has 0 aliphatic carbocycles. The largest absolute Gasteiger partial charge is 0.443 e. The number of aryl methyl sites for hydroxylation is 2. The van der Waals surface area contributed by atoms with Crippen molar-refractivity contribution in [2.75, 3.05) is 6.61 Å². The van der Waals surface area contributed by atoms with Gasteiger partial charge in [-0.25, -0.2) is 4.79 Å². The van der Waals surface area contributed by atoms with Crippen molar-refractivity contribution in [3.8, 4) is 5.75 Å². The third-order valence-electron chi connectivity index (χ3n) is 5.53. The first kappa shape index (κ1) is 24.2. The monoisotopic (exact) mass is 449 g/mol. The van der Waals surface area contributed by atoms with E-state index in [0.29, 0.717) is 42.3 Å². The van der Waals surface area contributed by atoms with Gasteiger partial charge >= 0.3 is 5.69 Å². The van der Waals surface area contributed by atoms with Gasteiger partial charge in [0.1, 0.15) is 11.6 Å². The molecule has 0 aliphatic rings. The molecule has 3 rings (SSSR count). The Hall–Kier alpha value is -3.45. The molecule has 3 aromatic rings. The topological polar surface area (TPSA) is 85.8 Å². The second-order valence-electron chi connectivity index (χ2n) is 7.86. The summed E-state index contributed by atoms with van der Waals surface area (Å²) in [5, 5.41) is 9.19. The smallest absolute Gasteiger partial charge is 0.332 e. The van der Waals surface area contributed by atoms with Gasteiger partial charge in [-0.1, -0.05) is 55.5 Å². The standard InChI is InChI=1S/C26H31N3O4/c1-4-21-13-8-9-14-23(21)33-19(2)27-24-22(16-15-20-11-6-5-7-12-20)25(31)29(17-10-18-30)26(32)28(24)3/h5-9,11-14,30H,4,10,15-18H2,1-3H3/b27-19+. The number of hydrogen-bond donors (Lipinski definition) is 1. The number of nitrogens with zero attached hydrogens (tertiary/aromatic N) is 3. The third-order valence-corrected chi connectivity index (χ3v) is 5.53. The molecular formula is C26H31N3O4. The average Bonchev–Trinajstić information content (AvgIpc) is 2.83. The van der Waals surface area contributed by atoms with Gasteiger partial charge in [0.2, 0.25) is 0 Å². The van der Waals surface area contributed by atoms with Gasteiger partial charge < -0.3 is 9.84 Å². The molecule has 1 aromatic heterocycles. The van der Waals surface area contributed by atoms with Crippen LogP contribution in [0.1, 0.15) is 37.0 Å². The molecule has 2 aromatic carbocycles. The van der Waals surface area contributed by atoms with Crippen molar-refractivity contribution in [3.63, 3.8) is 0 Å². The molecule has 0 spiro atoms. The van der Waals surface area contributed by atoms with E-state index in [2.05, 4.69) is 4.99 Å². The molecule has 0 radical (unpaired) electrons. The maximum atomic E-state index is 13.3. The van der Waals surface area contributed by atoms with Gasteiger partial charge in [-0.2, -0.15) is 4.99 Å². The molecule has 1 heterocycles. The van der Waals surface area contributed by atoms with Crippen LogP contribution in [0.15, 0.2) is 69.2 Å². The molecule has 0 unspecified atom stereocenters. The molecule has 0 atom stereocenters. The lowest BCUT2D eigenvalue weighted by Gasteiger charge is -2.15. The molecule has 0 fully saturated rings. The Morgan fingerprint density at radius 1 is 1.03 bits per heavy atom. The van der Waals surface area contributed by atoms with Crippen molar-refractivity contribution in [2.45, 2.75) is 46.1 Å². The molecule has 1 N–H and O–H groups in total. The van der Waals surface area contributed by atoms with E-state index in [-0.39, 0.29) is 18.7 Å². The first-order chi connectivity index (χ1) is 16.0. The molecular weight excluding hydrogens is 418 g/mol. The van der Waals surface area contributed by atoms with E-state index in [1.54, 1.807) is 14.0 Å². The van der Waals surface area contributed by atoms with E-state index in [4.69, 9.17) is 4.74 Å². The normalized spacial score (nSPS) is 11.6. The van der Waals surface area contributed by atoms with Gasteiger partial charge in [-0.3, -0.25) is 13.9 Å². The average molecular weight is 450 g/mol. The summed E-state index contributed by atoms with van der Waals surface area (Å²) in [6.07, 6.45) is 2.19. The molecule has 7 nitrogen and oxygen atoms in total. The van der Waals surface area contributed by atoms with E-state index in [1.807, 2.05) is 61.5 Å². The van der Waals surface area contributed by atoms with Gasteiger partial charge in [0.25, 0.3) is 5.56 Å². The Balaban J connectivity index is 2.05. The Bertz CT molecular complexity index is 1230. The molecule has 7 heteroatoms. The number of rotatable bonds is 9. The minimum absolute atomic E-state index is 0.0986. The summed E-state index contributed by atoms with van der Waals surface area (Å²) >= 11 is 0. The number of hydrogen-bond acceptors (Lipinski definition) is 5. The van der Waals surface area contributed by atoms with E-state index >= 15 is 0 Å². The van der Waals surface area contributed by atoms with Crippen LogP contribution in [0.5, 0.6) is 5.75 Å². The third kappa shape index (κ3) is 5.87. The summed E-state index contributed by atoms with van der Waals surface area (Å²) in [5.41, 5.74) is 1.75. The molecule has 33 heavy (non-hydrogen) atoms. The Kier molecular flexibility index (Phi) is 8.38. The van der Waals surface area contributed by atoms with Crippen LogP contribution in [0.2, 0.25) is 0 Å². The number of para-hydroxylation sites is 1. The number of aliphatic hydroxyl groups is 1. The predicted molar refractivity (Wildman–Crippen MR) is 131 cm³/mol. The van der Waals surface area contributed by atoms with Crippen LogP contribution in [-0.2, 0) is 32.9 Å². The highest BCUT2D eigenvalue weighted by molar-refractivity contribution is 5.79. The lowest BCUT2D eigenvalue weighted by atomic mass is 10.1. The van der Waals surface area contributed by atoms with Crippen LogP contribution in [0.4, 0.5) is 5.82 Å². The van der Waals surface area contributed by atoms with Crippen LogP contribution in [0, 0.1) is 0 Å². The zero-order valence-corrected chi connectivity index (χ0v) is 19.5. The fourth-order valence-corrected chi connectivity index (χ4v) is 3.75. The highest BCUT2D eigenvalue weighted by atomic mass is 16.5. The SMILES string of the molecule is CCc1ccccc1O/C(C)=N/c1c(CCc2ccccc2)c(=O)n(CCCO)c(=O)n1C. The molecule has 0 amide bonds. The van der Waals surface area contributed by atoms with E-state index in [9.17, 15) is 14.7 Å². The van der Waals surface area contributed by atoms with Gasteiger partial charge in [0.05, 0.1) is 5.56 Å². The van der Waals surface area contributed by atoms with Crippen molar-refractivity contribution >= 4 is 11.7 Å². The van der Waals surface area contributed by atoms with Crippen LogP contribution in [0.25, 0.3) is 0 Å². The van der Waals surface area contributed by atoms with E-state index < -0.39 is 5.69 Å². The molecule has 0 bridgehead atoms. The highest BCUT2D eigenvalue weighted by Crippen LogP contribution is 2.21. The van der Waals surface area contributed by atoms with Crippen LogP contribution in [0.3, 0.4) is 0 Å². The maximum absolute atomic E-state index is 13.3. The van der Waals surface area contributed by atoms with Gasteiger partial charge in [0.15, 0.2) is 5.90 Å². The van der Waals surface area contributed by atoms with Crippen molar-refractivity contribution in [2.24, 2.45) is 12.0 Å². The fourth-order valence-electron chi connectivity index (χ4n) is 3.75. The molecule has 0 saturated carbocycles. The Morgan fingerprint density at radius 2 is 1.73 bits per heavy atom. The summed E-state index contributed by atoms with van der Waals surface area (Å²) in [6.45, 7) is 3.82. The summed E-state index contributed by atoms with van der Waals surface area (Å²) in [6, 6.07) is 17.6. The van der Waals surface area contributed by atoms with Crippen molar-refractivity contribution in [3.05, 3.63) is 92.1 Å². The predicted octanol–water partition coefficient (Wildman–Crippen LogP) is 3.41. The second kappa shape index (κ2) is 11.4. The summed E-state index contributed by atoms with van der Waals surface area (Å²) in [5.74, 6) is 1.35. The number of aliphatic imine (C=N–C) groups is 1. The first-order valence-electron chi connectivity index (χ1n) is 11.2. The maximum Gasteiger partial charge on any atom is 0.332 e. The quantitative estimate of drug-likeness (QED) is 0.401. The minimum atomic E-state index is -0.461. The summed E-state index contributed by atoms with van der Waals surface area (Å²) < 4.78 is 8.55. The van der Waals surface area contributed by atoms with Crippen LogP contribution >= 0.6 is 0 Å². The van der Waals surface area contributed by atoms with Crippen LogP contribution < -0.4 is 16.0 Å².